The smallest absolute Gasteiger partial charge is 0.303 e. The molecular weight excluding hydrogens is 1400 g/mol. The first-order chi connectivity index (χ1) is 49.9. The van der Waals surface area contributed by atoms with Gasteiger partial charge in [0.25, 0.3) is 0 Å². The van der Waals surface area contributed by atoms with Gasteiger partial charge in [-0.05, 0) is 97.7 Å². The van der Waals surface area contributed by atoms with Gasteiger partial charge < -0.3 is 94.7 Å². The molecule has 0 aromatic heterocycles. The van der Waals surface area contributed by atoms with Gasteiger partial charge in [0.15, 0.2) is 80.1 Å². The van der Waals surface area contributed by atoms with Crippen LogP contribution in [0.3, 0.4) is 0 Å². The summed E-state index contributed by atoms with van der Waals surface area (Å²) in [5.74, 6) is -8.22. The SMILES string of the molecule is CC(=O)OC[C@H]1O[C@H](O[C@H]2CC[C@@]3(C)C(=CC[C@H]4[C@@H]5CC[C@H]([C@H](C)CCCC(C)C)[C@@]5(C)CC[C@@H]43)C2)[C@H](OC(C)=O)[C@@H](OC(C)=O)[C@H]1O[C@@H]1O[C@H](COC(C)=O)[C@@H](OC(C)=O)[C@H](O[C@@H]2OC[C@@H](OC(C)=O)[C@H](OC(C)=O)[C@H]2OC(C)=O)[C@H]1O[C@@H]1O[C@H](COC(C)=O)[C@@H](OC(C)=O)[C@H](OC(C)=O)[C@H]1OC(C)=O. The summed E-state index contributed by atoms with van der Waals surface area (Å²) in [6.07, 6.45) is -23.4. The van der Waals surface area contributed by atoms with E-state index >= 15 is 0 Å². The number of carbonyl (C=O) groups is 12. The van der Waals surface area contributed by atoms with Crippen molar-refractivity contribution in [2.24, 2.45) is 46.3 Å². The Labute approximate surface area is 617 Å². The Morgan fingerprint density at radius 1 is 0.415 bits per heavy atom. The highest BCUT2D eigenvalue weighted by atomic mass is 16.8. The maximum absolute atomic E-state index is 13.8. The molecule has 0 aromatic rings. The Kier molecular flexibility index (Phi) is 29.5. The van der Waals surface area contributed by atoms with E-state index in [4.69, 9.17) is 94.7 Å². The lowest BCUT2D eigenvalue weighted by Gasteiger charge is -2.58. The number of carbonyl (C=O) groups excluding carboxylic acids is 12. The molecule has 7 fully saturated rings. The number of esters is 12. The number of ether oxygens (including phenoxy) is 20. The van der Waals surface area contributed by atoms with Crippen LogP contribution in [-0.4, -0.2) is 221 Å². The summed E-state index contributed by atoms with van der Waals surface area (Å²) >= 11 is 0. The molecule has 0 amide bonds. The second-order valence-electron chi connectivity index (χ2n) is 30.1. The minimum absolute atomic E-state index is 0.164. The molecule has 0 radical (unpaired) electrons. The van der Waals surface area contributed by atoms with E-state index in [2.05, 4.69) is 40.7 Å². The second kappa shape index (κ2) is 37.0. The number of hydrogen-bond acceptors (Lipinski definition) is 32. The van der Waals surface area contributed by atoms with Crippen molar-refractivity contribution >= 4 is 71.6 Å². The summed E-state index contributed by atoms with van der Waals surface area (Å²) in [5, 5.41) is 0. The number of rotatable bonds is 28. The van der Waals surface area contributed by atoms with Crippen LogP contribution in [0.4, 0.5) is 0 Å². The molecule has 8 aliphatic rings. The normalized spacial score (nSPS) is 37.1. The lowest BCUT2D eigenvalue weighted by atomic mass is 9.47. The van der Waals surface area contributed by atoms with E-state index in [-0.39, 0.29) is 10.8 Å². The zero-order valence-electron chi connectivity index (χ0n) is 63.8. The minimum atomic E-state index is -2.27. The summed E-state index contributed by atoms with van der Waals surface area (Å²) in [6.45, 7) is 21.1. The number of hydrogen-bond donors (Lipinski definition) is 0. The third-order valence-electron chi connectivity index (χ3n) is 21.7. The van der Waals surface area contributed by atoms with Gasteiger partial charge >= 0.3 is 71.6 Å². The van der Waals surface area contributed by atoms with Crippen LogP contribution in [0.5, 0.6) is 0 Å². The summed E-state index contributed by atoms with van der Waals surface area (Å²) < 4.78 is 123. The van der Waals surface area contributed by atoms with Gasteiger partial charge in [0.1, 0.15) is 56.4 Å². The van der Waals surface area contributed by atoms with Gasteiger partial charge in [-0.3, -0.25) is 57.5 Å². The van der Waals surface area contributed by atoms with Crippen molar-refractivity contribution in [2.45, 2.75) is 311 Å². The fourth-order valence-electron chi connectivity index (χ4n) is 17.6. The fraction of sp³-hybridized carbons (Fsp3) is 0.811. The third-order valence-corrected chi connectivity index (χ3v) is 21.7. The first kappa shape index (κ1) is 84.7. The summed E-state index contributed by atoms with van der Waals surface area (Å²) in [5.41, 5.74) is 1.31. The zero-order valence-corrected chi connectivity index (χ0v) is 63.8. The molecule has 0 aromatic carbocycles. The maximum atomic E-state index is 13.8. The molecule has 3 saturated carbocycles. The second-order valence-corrected chi connectivity index (χ2v) is 30.1. The van der Waals surface area contributed by atoms with Crippen molar-refractivity contribution in [1.82, 2.24) is 0 Å². The fourth-order valence-corrected chi connectivity index (χ4v) is 17.6. The van der Waals surface area contributed by atoms with Gasteiger partial charge in [-0.15, -0.1) is 0 Å². The van der Waals surface area contributed by atoms with E-state index in [0.29, 0.717) is 48.3 Å². The van der Waals surface area contributed by atoms with Crippen LogP contribution in [-0.2, 0) is 152 Å². The van der Waals surface area contributed by atoms with E-state index in [1.165, 1.54) is 37.7 Å². The number of fused-ring (bicyclic) bond motifs is 5. The Bertz CT molecular complexity index is 3190. The van der Waals surface area contributed by atoms with Crippen molar-refractivity contribution in [1.29, 1.82) is 0 Å². The molecule has 4 saturated heterocycles. The Morgan fingerprint density at radius 3 is 1.32 bits per heavy atom. The van der Waals surface area contributed by atoms with Crippen LogP contribution in [0, 0.1) is 46.3 Å². The summed E-state index contributed by atoms with van der Waals surface area (Å²) in [7, 11) is 0. The first-order valence-electron chi connectivity index (χ1n) is 36.7. The lowest BCUT2D eigenvalue weighted by Crippen LogP contribution is -2.70. The molecule has 4 aliphatic carbocycles. The van der Waals surface area contributed by atoms with Gasteiger partial charge in [0.05, 0.1) is 12.7 Å². The highest BCUT2D eigenvalue weighted by Gasteiger charge is 2.64. The predicted octanol–water partition coefficient (Wildman–Crippen LogP) is 6.17. The zero-order chi connectivity index (χ0) is 78.0. The van der Waals surface area contributed by atoms with Crippen LogP contribution in [0.1, 0.15) is 188 Å². The monoisotopic (exact) mass is 1510 g/mol. The Balaban J connectivity index is 1.24. The highest BCUT2D eigenvalue weighted by molar-refractivity contribution is 5.71. The third kappa shape index (κ3) is 21.3. The van der Waals surface area contributed by atoms with Crippen molar-refractivity contribution in [2.75, 3.05) is 26.4 Å². The first-order valence-corrected chi connectivity index (χ1v) is 36.7. The minimum Gasteiger partial charge on any atom is -0.463 e. The van der Waals surface area contributed by atoms with Gasteiger partial charge in [-0.2, -0.15) is 0 Å². The van der Waals surface area contributed by atoms with Crippen molar-refractivity contribution in [3.05, 3.63) is 11.6 Å². The van der Waals surface area contributed by atoms with Crippen LogP contribution < -0.4 is 0 Å². The molecule has 0 bridgehead atoms. The average molecular weight is 1510 g/mol. The van der Waals surface area contributed by atoms with Gasteiger partial charge in [0, 0.05) is 83.1 Å². The summed E-state index contributed by atoms with van der Waals surface area (Å²) in [4.78, 5) is 158. The van der Waals surface area contributed by atoms with Crippen molar-refractivity contribution in [3.8, 4) is 0 Å². The lowest BCUT2D eigenvalue weighted by molar-refractivity contribution is -0.403. The topological polar surface area (TPSA) is 389 Å². The molecule has 8 rings (SSSR count). The van der Waals surface area contributed by atoms with Gasteiger partial charge in [0.2, 0.25) is 0 Å². The molecule has 0 unspecified atom stereocenters. The van der Waals surface area contributed by atoms with E-state index < -0.39 is 221 Å². The number of allylic oxidation sites excluding steroid dienone is 1. The molecule has 4 aliphatic heterocycles. The Hall–Kier alpha value is -6.94. The standard InChI is InChI=1S/C74H108O32/c1-34(2)19-18-20-35(3)51-23-24-52-50-22-21-48-29-49(25-27-73(48,16)53(50)26-28-74(51,52)17)100-70-66(98-46(14)85)63(96-44(12)83)60(57(101-70)32-89-38(6)77)104-72-68(106-71-67(99-47(15)86)62(95-43(11)82)58(92-40(8)79)55(102-71)30-87-36(4)75)64(59(93-41(9)80)56(103-72)31-88-37(5)76)105-69-65(97-45(13)84)61(94-42(10)81)54(33-90-69)91-39(7)78/h21,34-35,49-72H,18-20,22-33H2,1-17H3/t35-,49+,50+,51-,52+,53+,54-,55-,56-,57-,58-,59-,60+,61+,62+,63+,64+,65-,66-,67-,68-,69+,70+,71+,72+,73+,74-/m1/s1. The molecule has 106 heavy (non-hydrogen) atoms. The van der Waals surface area contributed by atoms with E-state index in [9.17, 15) is 57.5 Å². The molecular formula is C74H108O32. The molecule has 27 atom stereocenters. The van der Waals surface area contributed by atoms with Crippen LogP contribution in [0.25, 0.3) is 0 Å². The van der Waals surface area contributed by atoms with Gasteiger partial charge in [-0.1, -0.05) is 65.5 Å². The van der Waals surface area contributed by atoms with E-state index in [1.54, 1.807) is 0 Å². The highest BCUT2D eigenvalue weighted by Crippen LogP contribution is 2.67. The molecule has 32 heteroatoms. The van der Waals surface area contributed by atoms with Crippen LogP contribution in [0.2, 0.25) is 0 Å². The molecule has 0 N–H and O–H groups in total. The average Bonchev–Trinajstić information content (AvgIpc) is 1.39. The van der Waals surface area contributed by atoms with Crippen molar-refractivity contribution in [3.63, 3.8) is 0 Å². The largest absolute Gasteiger partial charge is 0.463 e. The molecule has 0 spiro atoms. The maximum Gasteiger partial charge on any atom is 0.303 e. The van der Waals surface area contributed by atoms with E-state index in [1.807, 2.05) is 0 Å². The summed E-state index contributed by atoms with van der Waals surface area (Å²) in [6, 6.07) is 0. The predicted molar refractivity (Wildman–Crippen MR) is 358 cm³/mol. The molecule has 32 nitrogen and oxygen atoms in total. The van der Waals surface area contributed by atoms with E-state index in [0.717, 1.165) is 109 Å². The quantitative estimate of drug-likeness (QED) is 0.0479. The molecule has 596 valence electrons. The van der Waals surface area contributed by atoms with Gasteiger partial charge in [-0.25, -0.2) is 0 Å². The van der Waals surface area contributed by atoms with Crippen LogP contribution >= 0.6 is 0 Å². The Morgan fingerprint density at radius 2 is 0.830 bits per heavy atom. The van der Waals surface area contributed by atoms with Crippen molar-refractivity contribution < 1.29 is 152 Å². The molecule has 4 heterocycles. The van der Waals surface area contributed by atoms with Crippen LogP contribution in [0.15, 0.2) is 11.6 Å².